The Labute approximate surface area is 252 Å². The van der Waals surface area contributed by atoms with E-state index in [9.17, 15) is 38.4 Å². The van der Waals surface area contributed by atoms with Gasteiger partial charge in [0.1, 0.15) is 24.2 Å². The number of carbonyl (C=O) groups is 8. The standard InChI is InChI=1S/4C5H9NO3S/c4*1-3(7)6-4(2-10)5(8)9/h4*4,10H,2H2,1H3,(H,6,7)(H,8,9)/t4*4-/m0000/s1. The number of rotatable bonds is 12. The average molecular weight is 653 g/mol. The van der Waals surface area contributed by atoms with E-state index >= 15 is 0 Å². The molecule has 0 unspecified atom stereocenters. The molecule has 0 aliphatic heterocycles. The Hall–Kier alpha value is -2.84. The van der Waals surface area contributed by atoms with Crippen molar-refractivity contribution in [2.75, 3.05) is 23.0 Å². The molecule has 0 bridgehead atoms. The quantitative estimate of drug-likeness (QED) is 0.102. The van der Waals surface area contributed by atoms with Crippen molar-refractivity contribution in [2.24, 2.45) is 0 Å². The smallest absolute Gasteiger partial charge is 0.327 e. The third-order valence-electron chi connectivity index (χ3n) is 3.43. The predicted molar refractivity (Wildman–Crippen MR) is 156 cm³/mol. The summed E-state index contributed by atoms with van der Waals surface area (Å²) in [6, 6.07) is -3.50. The van der Waals surface area contributed by atoms with Crippen LogP contribution < -0.4 is 21.3 Å². The summed E-state index contributed by atoms with van der Waals surface area (Å²) in [7, 11) is 0. The molecule has 0 heterocycles. The fraction of sp³-hybridized carbons (Fsp3) is 0.600. The zero-order valence-electron chi connectivity index (χ0n) is 22.0. The first-order valence-electron chi connectivity index (χ1n) is 10.7. The monoisotopic (exact) mass is 652 g/mol. The van der Waals surface area contributed by atoms with Gasteiger partial charge in [0, 0.05) is 50.7 Å². The van der Waals surface area contributed by atoms with Crippen molar-refractivity contribution in [1.82, 2.24) is 21.3 Å². The first kappa shape index (κ1) is 44.2. The Morgan fingerprint density at radius 1 is 0.425 bits per heavy atom. The van der Waals surface area contributed by atoms with Crippen LogP contribution in [0.3, 0.4) is 0 Å². The Morgan fingerprint density at radius 2 is 0.550 bits per heavy atom. The van der Waals surface area contributed by atoms with E-state index in [4.69, 9.17) is 20.4 Å². The molecule has 8 N–H and O–H groups in total. The molecule has 40 heavy (non-hydrogen) atoms. The van der Waals surface area contributed by atoms with Gasteiger partial charge in [0.15, 0.2) is 0 Å². The molecule has 16 nitrogen and oxygen atoms in total. The van der Waals surface area contributed by atoms with Crippen LogP contribution >= 0.6 is 50.5 Å². The van der Waals surface area contributed by atoms with E-state index in [1.165, 1.54) is 27.7 Å². The van der Waals surface area contributed by atoms with E-state index in [0.29, 0.717) is 0 Å². The van der Waals surface area contributed by atoms with Crippen LogP contribution in [0, 0.1) is 0 Å². The van der Waals surface area contributed by atoms with Crippen LogP contribution in [-0.4, -0.2) is 115 Å². The number of carbonyl (C=O) groups excluding carboxylic acids is 4. The molecular formula is C20H36N4O12S4. The molecule has 4 atom stereocenters. The largest absolute Gasteiger partial charge is 0.480 e. The van der Waals surface area contributed by atoms with Crippen molar-refractivity contribution in [3.8, 4) is 0 Å². The van der Waals surface area contributed by atoms with Gasteiger partial charge in [-0.3, -0.25) is 19.2 Å². The van der Waals surface area contributed by atoms with Gasteiger partial charge in [-0.2, -0.15) is 50.5 Å². The van der Waals surface area contributed by atoms with Crippen LogP contribution in [0.2, 0.25) is 0 Å². The van der Waals surface area contributed by atoms with Crippen molar-refractivity contribution >= 4 is 98.0 Å². The van der Waals surface area contributed by atoms with Gasteiger partial charge in [-0.15, -0.1) is 0 Å². The van der Waals surface area contributed by atoms with Crippen molar-refractivity contribution in [3.63, 3.8) is 0 Å². The highest BCUT2D eigenvalue weighted by Crippen LogP contribution is 1.89. The number of carboxylic acid groups (broad SMARTS) is 4. The number of thiol groups is 4. The van der Waals surface area contributed by atoms with Crippen LogP contribution in [0.25, 0.3) is 0 Å². The minimum absolute atomic E-state index is 0.106. The summed E-state index contributed by atoms with van der Waals surface area (Å²) < 4.78 is 0. The lowest BCUT2D eigenvalue weighted by atomic mass is 10.3. The van der Waals surface area contributed by atoms with Crippen LogP contribution in [0.4, 0.5) is 0 Å². The van der Waals surface area contributed by atoms with Gasteiger partial charge in [0.05, 0.1) is 0 Å². The first-order chi connectivity index (χ1) is 18.3. The fourth-order valence-electron chi connectivity index (χ4n) is 1.72. The number of amides is 4. The zero-order valence-corrected chi connectivity index (χ0v) is 25.6. The summed E-state index contributed by atoms with van der Waals surface area (Å²) in [5, 5.41) is 42.3. The maximum Gasteiger partial charge on any atom is 0.327 e. The lowest BCUT2D eigenvalue weighted by Crippen LogP contribution is -2.40. The fourth-order valence-corrected chi connectivity index (χ4v) is 2.71. The van der Waals surface area contributed by atoms with Gasteiger partial charge < -0.3 is 41.7 Å². The van der Waals surface area contributed by atoms with E-state index < -0.39 is 48.0 Å². The number of aliphatic carboxylic acids is 4. The number of nitrogens with one attached hydrogen (secondary N) is 4. The van der Waals surface area contributed by atoms with E-state index in [-0.39, 0.29) is 46.6 Å². The molecule has 0 aliphatic carbocycles. The molecule has 0 fully saturated rings. The highest BCUT2D eigenvalue weighted by molar-refractivity contribution is 7.80. The van der Waals surface area contributed by atoms with E-state index in [1.54, 1.807) is 0 Å². The van der Waals surface area contributed by atoms with Gasteiger partial charge in [0.25, 0.3) is 0 Å². The molecular weight excluding hydrogens is 617 g/mol. The summed E-state index contributed by atoms with van der Waals surface area (Å²) in [4.78, 5) is 82.0. The zero-order chi connectivity index (χ0) is 32.6. The second-order valence-electron chi connectivity index (χ2n) is 7.10. The van der Waals surface area contributed by atoms with E-state index in [2.05, 4.69) is 71.8 Å². The number of carboxylic acids is 4. The molecule has 0 rings (SSSR count). The SMILES string of the molecule is CC(=O)N[C@@H](CS)C(=O)O.CC(=O)N[C@@H](CS)C(=O)O.CC(=O)N[C@@H](CS)C(=O)O.CC(=O)N[C@@H](CS)C(=O)O. The minimum Gasteiger partial charge on any atom is -0.480 e. The summed E-state index contributed by atoms with van der Waals surface area (Å²) >= 11 is 14.9. The molecule has 0 saturated carbocycles. The third-order valence-corrected chi connectivity index (χ3v) is 4.89. The van der Waals surface area contributed by atoms with Gasteiger partial charge in [-0.25, -0.2) is 19.2 Å². The summed E-state index contributed by atoms with van der Waals surface area (Å²) in [6.07, 6.45) is 0. The lowest BCUT2D eigenvalue weighted by molar-refractivity contribution is -0.141. The van der Waals surface area contributed by atoms with Crippen LogP contribution in [0.15, 0.2) is 0 Å². The Balaban J connectivity index is -0.000000216. The number of hydrogen-bond donors (Lipinski definition) is 12. The normalized spacial score (nSPS) is 12.2. The van der Waals surface area contributed by atoms with E-state index in [0.717, 1.165) is 0 Å². The molecule has 0 aromatic carbocycles. The van der Waals surface area contributed by atoms with Gasteiger partial charge in [-0.05, 0) is 0 Å². The molecule has 0 aliphatic rings. The van der Waals surface area contributed by atoms with Gasteiger partial charge in [-0.1, -0.05) is 0 Å². The third kappa shape index (κ3) is 29.7. The van der Waals surface area contributed by atoms with Gasteiger partial charge in [0.2, 0.25) is 23.6 Å². The van der Waals surface area contributed by atoms with E-state index in [1.807, 2.05) is 0 Å². The molecule has 0 radical (unpaired) electrons. The molecule has 4 amide bonds. The Bertz CT molecular complexity index is 727. The predicted octanol–water partition coefficient (Wildman–Crippen LogP) is -1.98. The second-order valence-corrected chi connectivity index (χ2v) is 8.56. The molecule has 0 spiro atoms. The topological polar surface area (TPSA) is 266 Å². The summed E-state index contributed by atoms with van der Waals surface area (Å²) in [6.45, 7) is 5.05. The van der Waals surface area contributed by atoms with Crippen LogP contribution in [0.5, 0.6) is 0 Å². The summed E-state index contributed by atoms with van der Waals surface area (Å²) in [5.41, 5.74) is 0. The summed E-state index contributed by atoms with van der Waals surface area (Å²) in [5.74, 6) is -5.27. The highest BCUT2D eigenvalue weighted by Gasteiger charge is 2.17. The van der Waals surface area contributed by atoms with Crippen molar-refractivity contribution in [1.29, 1.82) is 0 Å². The first-order valence-corrected chi connectivity index (χ1v) is 13.3. The highest BCUT2D eigenvalue weighted by atomic mass is 32.1. The molecule has 0 aromatic rings. The number of hydrogen-bond acceptors (Lipinski definition) is 12. The Morgan fingerprint density at radius 3 is 0.575 bits per heavy atom. The maximum absolute atomic E-state index is 10.3. The second kappa shape index (κ2) is 26.4. The Kier molecular flexibility index (Phi) is 29.1. The minimum atomic E-state index is -1.06. The van der Waals surface area contributed by atoms with Crippen LogP contribution in [0.1, 0.15) is 27.7 Å². The van der Waals surface area contributed by atoms with Crippen molar-refractivity contribution < 1.29 is 58.8 Å². The van der Waals surface area contributed by atoms with Crippen LogP contribution in [-0.2, 0) is 38.4 Å². The molecule has 20 heteroatoms. The van der Waals surface area contributed by atoms with Gasteiger partial charge >= 0.3 is 23.9 Å². The maximum atomic E-state index is 10.3. The molecule has 232 valence electrons. The van der Waals surface area contributed by atoms with Crippen molar-refractivity contribution in [3.05, 3.63) is 0 Å². The van der Waals surface area contributed by atoms with Crippen molar-refractivity contribution in [2.45, 2.75) is 51.9 Å². The average Bonchev–Trinajstić information content (AvgIpc) is 2.82. The molecule has 0 saturated heterocycles. The lowest BCUT2D eigenvalue weighted by Gasteiger charge is -2.08. The molecule has 0 aromatic heterocycles.